The summed E-state index contributed by atoms with van der Waals surface area (Å²) >= 11 is 0. The van der Waals surface area contributed by atoms with Gasteiger partial charge < -0.3 is 19.6 Å². The quantitative estimate of drug-likeness (QED) is 0.455. The maximum absolute atomic E-state index is 4.73. The van der Waals surface area contributed by atoms with Gasteiger partial charge in [-0.3, -0.25) is 0 Å². The van der Waals surface area contributed by atoms with Crippen molar-refractivity contribution in [2.75, 3.05) is 72.0 Å². The predicted octanol–water partition coefficient (Wildman–Crippen LogP) is 1.86. The Morgan fingerprint density at radius 2 is 0.794 bits per heavy atom. The summed E-state index contributed by atoms with van der Waals surface area (Å²) in [6.45, 7) is 6.82. The third-order valence-electron chi connectivity index (χ3n) is 6.48. The Bertz CT molecular complexity index is 1140. The van der Waals surface area contributed by atoms with Gasteiger partial charge in [-0.05, 0) is 12.1 Å². The molecule has 0 spiro atoms. The van der Waals surface area contributed by atoms with Crippen molar-refractivity contribution >= 4 is 34.3 Å². The van der Waals surface area contributed by atoms with E-state index in [-0.39, 0.29) is 0 Å². The molecule has 0 saturated carbocycles. The number of hydrogen-bond donors (Lipinski definition) is 0. The van der Waals surface area contributed by atoms with Crippen LogP contribution in [0, 0.1) is 0 Å². The minimum atomic E-state index is 0.786. The first-order valence-electron chi connectivity index (χ1n) is 11.7. The summed E-state index contributed by atoms with van der Waals surface area (Å²) in [6.07, 6.45) is 7.16. The van der Waals surface area contributed by atoms with Gasteiger partial charge in [0.05, 0.1) is 0 Å². The molecule has 2 aliphatic rings. The molecule has 0 aliphatic carbocycles. The minimum absolute atomic E-state index is 0.786. The van der Waals surface area contributed by atoms with Gasteiger partial charge in [0, 0.05) is 87.9 Å². The maximum Gasteiger partial charge on any atom is 0.225 e. The van der Waals surface area contributed by atoms with Crippen molar-refractivity contribution in [2.45, 2.75) is 0 Å². The second kappa shape index (κ2) is 9.05. The molecule has 6 rings (SSSR count). The maximum atomic E-state index is 4.73. The molecule has 5 heterocycles. The van der Waals surface area contributed by atoms with Crippen molar-refractivity contribution in [3.05, 3.63) is 61.2 Å². The zero-order chi connectivity index (χ0) is 22.7. The number of fused-ring (bicyclic) bond motifs is 1. The molecule has 0 bridgehead atoms. The van der Waals surface area contributed by atoms with Crippen LogP contribution in [0.1, 0.15) is 0 Å². The smallest absolute Gasteiger partial charge is 0.225 e. The average Bonchev–Trinajstić information content (AvgIpc) is 2.94. The van der Waals surface area contributed by atoms with Gasteiger partial charge in [0.15, 0.2) is 11.6 Å². The van der Waals surface area contributed by atoms with Crippen LogP contribution in [-0.2, 0) is 0 Å². The molecule has 0 amide bonds. The summed E-state index contributed by atoms with van der Waals surface area (Å²) in [6, 6.07) is 12.2. The molecule has 0 radical (unpaired) electrons. The second-order valence-corrected chi connectivity index (χ2v) is 8.44. The van der Waals surface area contributed by atoms with Gasteiger partial charge in [0.2, 0.25) is 11.9 Å². The molecule has 1 aromatic carbocycles. The Kier molecular flexibility index (Phi) is 5.46. The molecule has 0 N–H and O–H groups in total. The van der Waals surface area contributed by atoms with Gasteiger partial charge in [0.1, 0.15) is 0 Å². The van der Waals surface area contributed by atoms with Gasteiger partial charge in [-0.2, -0.15) is 0 Å². The Hall–Kier alpha value is -4.08. The lowest BCUT2D eigenvalue weighted by Gasteiger charge is -2.37. The van der Waals surface area contributed by atoms with Crippen LogP contribution >= 0.6 is 0 Å². The van der Waals surface area contributed by atoms with Crippen molar-refractivity contribution in [3.63, 3.8) is 0 Å². The third kappa shape index (κ3) is 3.91. The lowest BCUT2D eigenvalue weighted by atomic mass is 10.1. The molecule has 10 nitrogen and oxygen atoms in total. The molecule has 34 heavy (non-hydrogen) atoms. The average molecular weight is 455 g/mol. The van der Waals surface area contributed by atoms with E-state index >= 15 is 0 Å². The van der Waals surface area contributed by atoms with E-state index in [0.717, 1.165) is 86.7 Å². The number of nitrogens with zero attached hydrogens (tertiary/aromatic N) is 10. The van der Waals surface area contributed by atoms with Gasteiger partial charge in [-0.25, -0.2) is 19.9 Å². The topological polar surface area (TPSA) is 90.3 Å². The first-order chi connectivity index (χ1) is 16.9. The first kappa shape index (κ1) is 20.5. The van der Waals surface area contributed by atoms with Gasteiger partial charge in [-0.1, -0.05) is 24.3 Å². The van der Waals surface area contributed by atoms with Crippen molar-refractivity contribution < 1.29 is 0 Å². The fourth-order valence-electron chi connectivity index (χ4n) is 4.69. The Labute approximate surface area is 197 Å². The summed E-state index contributed by atoms with van der Waals surface area (Å²) < 4.78 is 0. The first-order valence-corrected chi connectivity index (χ1v) is 11.7. The van der Waals surface area contributed by atoms with E-state index in [9.17, 15) is 0 Å². The standard InChI is InChI=1S/C24H26N10/c1-2-6-20-19(5-1)21(31-11-15-33(16-12-31)23-25-7-3-8-26-23)29-30-22(20)32-13-17-34(18-14-32)24-27-9-4-10-28-24/h1-10H,11-18H2. The highest BCUT2D eigenvalue weighted by molar-refractivity contribution is 5.99. The van der Waals surface area contributed by atoms with Crippen LogP contribution in [-0.4, -0.2) is 82.5 Å². The van der Waals surface area contributed by atoms with Crippen molar-refractivity contribution in [1.82, 2.24) is 30.1 Å². The Morgan fingerprint density at radius 3 is 1.18 bits per heavy atom. The third-order valence-corrected chi connectivity index (χ3v) is 6.48. The van der Waals surface area contributed by atoms with Crippen molar-refractivity contribution in [1.29, 1.82) is 0 Å². The van der Waals surface area contributed by atoms with E-state index in [0.29, 0.717) is 0 Å². The van der Waals surface area contributed by atoms with Crippen LogP contribution < -0.4 is 19.6 Å². The molecule has 4 aromatic rings. The highest BCUT2D eigenvalue weighted by Gasteiger charge is 2.25. The highest BCUT2D eigenvalue weighted by Crippen LogP contribution is 2.31. The fraction of sp³-hybridized carbons (Fsp3) is 0.333. The molecule has 172 valence electrons. The second-order valence-electron chi connectivity index (χ2n) is 8.44. The Balaban J connectivity index is 1.20. The van der Waals surface area contributed by atoms with Crippen LogP contribution in [0.2, 0.25) is 0 Å². The number of benzene rings is 1. The summed E-state index contributed by atoms with van der Waals surface area (Å²) in [4.78, 5) is 26.6. The normalized spacial score (nSPS) is 16.8. The predicted molar refractivity (Wildman–Crippen MR) is 132 cm³/mol. The Morgan fingerprint density at radius 1 is 0.441 bits per heavy atom. The van der Waals surface area contributed by atoms with E-state index in [4.69, 9.17) is 10.2 Å². The molecule has 0 atom stereocenters. The number of anilines is 4. The molecule has 2 saturated heterocycles. The zero-order valence-corrected chi connectivity index (χ0v) is 18.9. The van der Waals surface area contributed by atoms with E-state index in [1.807, 2.05) is 12.1 Å². The number of rotatable bonds is 4. The number of hydrogen-bond acceptors (Lipinski definition) is 10. The fourth-order valence-corrected chi connectivity index (χ4v) is 4.69. The van der Waals surface area contributed by atoms with Crippen molar-refractivity contribution in [3.8, 4) is 0 Å². The number of aromatic nitrogens is 6. The highest BCUT2D eigenvalue weighted by atomic mass is 15.4. The molecule has 2 fully saturated rings. The van der Waals surface area contributed by atoms with Crippen LogP contribution in [0.15, 0.2) is 61.2 Å². The molecule has 10 heteroatoms. The van der Waals surface area contributed by atoms with Gasteiger partial charge >= 0.3 is 0 Å². The lowest BCUT2D eigenvalue weighted by molar-refractivity contribution is 0.625. The van der Waals surface area contributed by atoms with Crippen LogP contribution in [0.3, 0.4) is 0 Å². The molecular weight excluding hydrogens is 428 g/mol. The molecular formula is C24H26N10. The van der Waals surface area contributed by atoms with Crippen LogP contribution in [0.4, 0.5) is 23.5 Å². The van der Waals surface area contributed by atoms with Crippen LogP contribution in [0.5, 0.6) is 0 Å². The summed E-state index contributed by atoms with van der Waals surface area (Å²) in [5.74, 6) is 3.47. The summed E-state index contributed by atoms with van der Waals surface area (Å²) in [7, 11) is 0. The lowest BCUT2D eigenvalue weighted by Crippen LogP contribution is -2.48. The number of piperazine rings is 2. The van der Waals surface area contributed by atoms with E-state index in [1.165, 1.54) is 0 Å². The van der Waals surface area contributed by atoms with Crippen LogP contribution in [0.25, 0.3) is 10.8 Å². The van der Waals surface area contributed by atoms with E-state index in [1.54, 1.807) is 24.8 Å². The van der Waals surface area contributed by atoms with Gasteiger partial charge in [0.25, 0.3) is 0 Å². The van der Waals surface area contributed by atoms with E-state index < -0.39 is 0 Å². The minimum Gasteiger partial charge on any atom is -0.351 e. The molecule has 2 aliphatic heterocycles. The van der Waals surface area contributed by atoms with E-state index in [2.05, 4.69) is 63.8 Å². The summed E-state index contributed by atoms with van der Waals surface area (Å²) in [5.41, 5.74) is 0. The zero-order valence-electron chi connectivity index (χ0n) is 18.9. The summed E-state index contributed by atoms with van der Waals surface area (Å²) in [5, 5.41) is 11.7. The molecule has 0 unspecified atom stereocenters. The molecule has 3 aromatic heterocycles. The van der Waals surface area contributed by atoms with Gasteiger partial charge in [-0.15, -0.1) is 10.2 Å². The monoisotopic (exact) mass is 454 g/mol. The SMILES string of the molecule is c1cnc(N2CCN(c3nnc(N4CCN(c5ncccn5)CC4)c4ccccc34)CC2)nc1. The largest absolute Gasteiger partial charge is 0.351 e. The van der Waals surface area contributed by atoms with Crippen molar-refractivity contribution in [2.24, 2.45) is 0 Å².